The molecule has 0 aliphatic carbocycles. The minimum absolute atomic E-state index is 0.737. The quantitative estimate of drug-likeness (QED) is 0.212. The molecular weight excluding hydrogens is 508 g/mol. The van der Waals surface area contributed by atoms with Gasteiger partial charge in [0.25, 0.3) is 0 Å². The van der Waals surface area contributed by atoms with Crippen LogP contribution in [0.5, 0.6) is 0 Å². The molecule has 206 valence electrons. The number of nitrogen functional groups attached to an aromatic ring is 2. The van der Waals surface area contributed by atoms with Gasteiger partial charge in [0.2, 0.25) is 0 Å². The molecule has 0 amide bonds. The standard InChI is InChI=1S/C40H36N2/c1-25-5-13-29(14-6-25)36-35(31-21-23-34(41)24-22-31)37(30-15-7-26(2)8-16-30)39(33-19-11-28(4)12-20-33)40(42)38(36)32-17-9-27(3)10-18-32/h5-24H,41-42H2,1-4H3. The zero-order valence-electron chi connectivity index (χ0n) is 24.7. The number of hydrogen-bond acceptors (Lipinski definition) is 2. The second-order valence-corrected chi connectivity index (χ2v) is 11.4. The highest BCUT2D eigenvalue weighted by Gasteiger charge is 2.27. The first kappa shape index (κ1) is 27.1. The maximum atomic E-state index is 7.41. The van der Waals surface area contributed by atoms with Crippen LogP contribution in [0, 0.1) is 27.7 Å². The molecule has 0 heterocycles. The molecule has 0 atom stereocenters. The van der Waals surface area contributed by atoms with E-state index < -0.39 is 0 Å². The van der Waals surface area contributed by atoms with Crippen LogP contribution in [-0.2, 0) is 0 Å². The van der Waals surface area contributed by atoms with Crippen molar-refractivity contribution in [2.75, 3.05) is 11.5 Å². The number of anilines is 2. The predicted molar refractivity (Wildman–Crippen MR) is 181 cm³/mol. The van der Waals surface area contributed by atoms with Crippen LogP contribution in [0.15, 0.2) is 121 Å². The van der Waals surface area contributed by atoms with Gasteiger partial charge in [0.05, 0.1) is 0 Å². The Kier molecular flexibility index (Phi) is 7.14. The van der Waals surface area contributed by atoms with Crippen molar-refractivity contribution < 1.29 is 0 Å². The fourth-order valence-corrected chi connectivity index (χ4v) is 5.77. The van der Waals surface area contributed by atoms with Gasteiger partial charge in [-0.15, -0.1) is 0 Å². The Morgan fingerprint density at radius 1 is 0.286 bits per heavy atom. The fourth-order valence-electron chi connectivity index (χ4n) is 5.77. The summed E-state index contributed by atoms with van der Waals surface area (Å²) >= 11 is 0. The van der Waals surface area contributed by atoms with Crippen molar-refractivity contribution in [2.45, 2.75) is 27.7 Å². The van der Waals surface area contributed by atoms with Gasteiger partial charge in [-0.05, 0) is 73.2 Å². The normalized spacial score (nSPS) is 11.0. The highest BCUT2D eigenvalue weighted by Crippen LogP contribution is 2.54. The summed E-state index contributed by atoms with van der Waals surface area (Å²) < 4.78 is 0. The molecule has 42 heavy (non-hydrogen) atoms. The molecule has 0 aromatic heterocycles. The summed E-state index contributed by atoms with van der Waals surface area (Å²) in [7, 11) is 0. The lowest BCUT2D eigenvalue weighted by Crippen LogP contribution is -2.04. The van der Waals surface area contributed by atoms with Gasteiger partial charge in [-0.1, -0.05) is 131 Å². The molecule has 2 nitrogen and oxygen atoms in total. The lowest BCUT2D eigenvalue weighted by molar-refractivity contribution is 1.44. The lowest BCUT2D eigenvalue weighted by atomic mass is 9.77. The molecule has 0 spiro atoms. The van der Waals surface area contributed by atoms with E-state index >= 15 is 0 Å². The van der Waals surface area contributed by atoms with E-state index in [0.717, 1.165) is 67.0 Å². The van der Waals surface area contributed by atoms with Gasteiger partial charge in [0.1, 0.15) is 0 Å². The van der Waals surface area contributed by atoms with Crippen LogP contribution in [0.4, 0.5) is 11.4 Å². The van der Waals surface area contributed by atoms with Crippen LogP contribution in [0.3, 0.4) is 0 Å². The van der Waals surface area contributed by atoms with E-state index in [2.05, 4.69) is 137 Å². The Morgan fingerprint density at radius 2 is 0.500 bits per heavy atom. The second kappa shape index (κ2) is 11.1. The van der Waals surface area contributed by atoms with Crippen molar-refractivity contribution in [3.63, 3.8) is 0 Å². The molecular formula is C40H36N2. The van der Waals surface area contributed by atoms with Crippen LogP contribution in [-0.4, -0.2) is 0 Å². The van der Waals surface area contributed by atoms with Gasteiger partial charge in [-0.2, -0.15) is 0 Å². The molecule has 0 fully saturated rings. The third kappa shape index (κ3) is 5.08. The molecule has 0 aliphatic heterocycles. The van der Waals surface area contributed by atoms with Crippen LogP contribution < -0.4 is 11.5 Å². The summed E-state index contributed by atoms with van der Waals surface area (Å²) in [6.45, 7) is 8.48. The number of benzene rings is 6. The summed E-state index contributed by atoms with van der Waals surface area (Å²) in [6.07, 6.45) is 0. The Balaban J connectivity index is 1.87. The monoisotopic (exact) mass is 544 g/mol. The first-order chi connectivity index (χ1) is 20.3. The summed E-state index contributed by atoms with van der Waals surface area (Å²) in [5, 5.41) is 0. The maximum Gasteiger partial charge on any atom is 0.0486 e. The predicted octanol–water partition coefficient (Wildman–Crippen LogP) is 10.4. The van der Waals surface area contributed by atoms with Gasteiger partial charge < -0.3 is 11.5 Å². The van der Waals surface area contributed by atoms with Crippen LogP contribution in [0.2, 0.25) is 0 Å². The van der Waals surface area contributed by atoms with Gasteiger partial charge in [0, 0.05) is 33.6 Å². The number of nitrogens with two attached hydrogens (primary N) is 2. The van der Waals surface area contributed by atoms with E-state index in [1.165, 1.54) is 22.3 Å². The third-order valence-electron chi connectivity index (χ3n) is 8.10. The summed E-state index contributed by atoms with van der Waals surface area (Å²) in [4.78, 5) is 0. The SMILES string of the molecule is Cc1ccc(-c2c(N)c(-c3ccc(C)cc3)c(-c3ccc(C)cc3)c(-c3ccc(N)cc3)c2-c2ccc(C)cc2)cc1. The van der Waals surface area contributed by atoms with E-state index in [4.69, 9.17) is 11.5 Å². The molecule has 6 aromatic rings. The Morgan fingerprint density at radius 3 is 0.786 bits per heavy atom. The van der Waals surface area contributed by atoms with E-state index in [1.54, 1.807) is 0 Å². The van der Waals surface area contributed by atoms with Gasteiger partial charge in [0.15, 0.2) is 0 Å². The fraction of sp³-hybridized carbons (Fsp3) is 0.100. The van der Waals surface area contributed by atoms with E-state index in [9.17, 15) is 0 Å². The maximum absolute atomic E-state index is 7.41. The molecule has 0 bridgehead atoms. The highest BCUT2D eigenvalue weighted by atomic mass is 14.6. The van der Waals surface area contributed by atoms with Gasteiger partial charge in [-0.25, -0.2) is 0 Å². The first-order valence-electron chi connectivity index (χ1n) is 14.4. The molecule has 0 unspecified atom stereocenters. The third-order valence-corrected chi connectivity index (χ3v) is 8.10. The summed E-state index contributed by atoms with van der Waals surface area (Å²) in [5.41, 5.74) is 31.0. The number of hydrogen-bond donors (Lipinski definition) is 2. The van der Waals surface area contributed by atoms with Crippen molar-refractivity contribution in [3.05, 3.63) is 144 Å². The molecule has 6 aromatic carbocycles. The van der Waals surface area contributed by atoms with Crippen molar-refractivity contribution in [3.8, 4) is 55.6 Å². The zero-order chi connectivity index (χ0) is 29.4. The summed E-state index contributed by atoms with van der Waals surface area (Å²) in [5.74, 6) is 0. The van der Waals surface area contributed by atoms with Crippen molar-refractivity contribution in [2.24, 2.45) is 0 Å². The molecule has 0 saturated heterocycles. The average Bonchev–Trinajstić information content (AvgIpc) is 2.99. The molecule has 0 aliphatic rings. The van der Waals surface area contributed by atoms with E-state index in [0.29, 0.717) is 0 Å². The van der Waals surface area contributed by atoms with Crippen molar-refractivity contribution >= 4 is 11.4 Å². The van der Waals surface area contributed by atoms with E-state index in [-0.39, 0.29) is 0 Å². The zero-order valence-corrected chi connectivity index (χ0v) is 24.7. The minimum Gasteiger partial charge on any atom is -0.399 e. The second-order valence-electron chi connectivity index (χ2n) is 11.4. The summed E-state index contributed by atoms with van der Waals surface area (Å²) in [6, 6.07) is 43.2. The Bertz CT molecular complexity index is 1740. The van der Waals surface area contributed by atoms with Crippen LogP contribution in [0.25, 0.3) is 55.6 Å². The topological polar surface area (TPSA) is 52.0 Å². The average molecular weight is 545 g/mol. The van der Waals surface area contributed by atoms with E-state index in [1.807, 2.05) is 12.1 Å². The number of rotatable bonds is 5. The molecule has 2 heteroatoms. The van der Waals surface area contributed by atoms with Gasteiger partial charge >= 0.3 is 0 Å². The largest absolute Gasteiger partial charge is 0.399 e. The lowest BCUT2D eigenvalue weighted by Gasteiger charge is -2.27. The first-order valence-corrected chi connectivity index (χ1v) is 14.4. The Labute approximate surface area is 249 Å². The number of aryl methyl sites for hydroxylation is 4. The molecule has 0 radical (unpaired) electrons. The molecule has 4 N–H and O–H groups in total. The highest BCUT2D eigenvalue weighted by molar-refractivity contribution is 6.13. The molecule has 6 rings (SSSR count). The van der Waals surface area contributed by atoms with Gasteiger partial charge in [-0.3, -0.25) is 0 Å². The van der Waals surface area contributed by atoms with Crippen LogP contribution >= 0.6 is 0 Å². The van der Waals surface area contributed by atoms with Crippen molar-refractivity contribution in [1.82, 2.24) is 0 Å². The van der Waals surface area contributed by atoms with Crippen molar-refractivity contribution in [1.29, 1.82) is 0 Å². The smallest absolute Gasteiger partial charge is 0.0486 e. The minimum atomic E-state index is 0.737. The Hall–Kier alpha value is -5.08. The van der Waals surface area contributed by atoms with Crippen LogP contribution in [0.1, 0.15) is 22.3 Å². The molecule has 0 saturated carbocycles.